The van der Waals surface area contributed by atoms with Crippen molar-refractivity contribution in [3.05, 3.63) is 28.1 Å². The van der Waals surface area contributed by atoms with Crippen LogP contribution >= 0.6 is 0 Å². The smallest absolute Gasteiger partial charge is 0.0439 e. The Hall–Kier alpha value is -1.52. The van der Waals surface area contributed by atoms with Gasteiger partial charge in [0.15, 0.2) is 0 Å². The number of benzene rings is 1. The van der Waals surface area contributed by atoms with Gasteiger partial charge in [0.05, 0.1) is 0 Å². The van der Waals surface area contributed by atoms with Gasteiger partial charge in [-0.25, -0.2) is 0 Å². The van der Waals surface area contributed by atoms with Crippen LogP contribution in [-0.2, 0) is 0 Å². The van der Waals surface area contributed by atoms with Crippen molar-refractivity contribution in [2.24, 2.45) is 5.92 Å². The Morgan fingerprint density at radius 3 is 2.68 bits per heavy atom. The number of fused-ring (bicyclic) bond motifs is 1. The molecule has 1 saturated heterocycles. The quantitative estimate of drug-likeness (QED) is 0.604. The highest BCUT2D eigenvalue weighted by atomic mass is 15.0. The summed E-state index contributed by atoms with van der Waals surface area (Å²) < 4.78 is 0. The van der Waals surface area contributed by atoms with E-state index in [0.29, 0.717) is 17.9 Å². The first-order chi connectivity index (χ1) is 12.1. The first-order valence-electron chi connectivity index (χ1n) is 9.89. The van der Waals surface area contributed by atoms with E-state index in [4.69, 9.17) is 0 Å². The third-order valence-electron chi connectivity index (χ3n) is 5.19. The molecule has 0 aromatic heterocycles. The van der Waals surface area contributed by atoms with E-state index in [1.165, 1.54) is 34.5 Å². The van der Waals surface area contributed by atoms with Crippen LogP contribution in [-0.4, -0.2) is 38.8 Å². The number of hydrogen-bond donors (Lipinski definition) is 4. The van der Waals surface area contributed by atoms with Gasteiger partial charge in [0.25, 0.3) is 0 Å². The van der Waals surface area contributed by atoms with Gasteiger partial charge in [-0.2, -0.15) is 0 Å². The molecule has 0 radical (unpaired) electrons. The van der Waals surface area contributed by atoms with Crippen molar-refractivity contribution in [2.75, 3.05) is 38.0 Å². The van der Waals surface area contributed by atoms with Crippen molar-refractivity contribution in [2.45, 2.75) is 45.6 Å². The van der Waals surface area contributed by atoms with Crippen LogP contribution < -0.4 is 31.7 Å². The molecule has 2 aliphatic heterocycles. The van der Waals surface area contributed by atoms with Gasteiger partial charge in [0, 0.05) is 36.2 Å². The molecular formula is C21H34N4. The molecule has 3 rings (SSSR count). The van der Waals surface area contributed by atoms with Crippen LogP contribution in [0.15, 0.2) is 12.1 Å². The summed E-state index contributed by atoms with van der Waals surface area (Å²) in [5.41, 5.74) is 2.72. The van der Waals surface area contributed by atoms with Crippen LogP contribution in [0.4, 0.5) is 5.69 Å². The highest BCUT2D eigenvalue weighted by Gasteiger charge is 2.15. The minimum atomic E-state index is 0.515. The second kappa shape index (κ2) is 8.72. The summed E-state index contributed by atoms with van der Waals surface area (Å²) in [6, 6.07) is 5.33. The lowest BCUT2D eigenvalue weighted by molar-refractivity contribution is 0.479. The van der Waals surface area contributed by atoms with E-state index in [9.17, 15) is 0 Å². The van der Waals surface area contributed by atoms with Crippen LogP contribution in [0.25, 0.3) is 12.3 Å². The normalized spacial score (nSPS) is 18.7. The van der Waals surface area contributed by atoms with Gasteiger partial charge in [-0.3, -0.25) is 0 Å². The molecule has 25 heavy (non-hydrogen) atoms. The van der Waals surface area contributed by atoms with Crippen molar-refractivity contribution < 1.29 is 0 Å². The lowest BCUT2D eigenvalue weighted by atomic mass is 9.97. The Kier molecular flexibility index (Phi) is 6.38. The summed E-state index contributed by atoms with van der Waals surface area (Å²) >= 11 is 0. The Morgan fingerprint density at radius 1 is 1.12 bits per heavy atom. The fourth-order valence-corrected chi connectivity index (χ4v) is 3.66. The fraction of sp³-hybridized carbons (Fsp3) is 0.619. The molecule has 4 N–H and O–H groups in total. The predicted molar refractivity (Wildman–Crippen MR) is 108 cm³/mol. The molecule has 1 aromatic rings. The Bertz CT molecular complexity index is 674. The maximum atomic E-state index is 3.83. The molecule has 138 valence electrons. The van der Waals surface area contributed by atoms with Gasteiger partial charge in [0.2, 0.25) is 0 Å². The van der Waals surface area contributed by atoms with E-state index >= 15 is 0 Å². The van der Waals surface area contributed by atoms with Gasteiger partial charge >= 0.3 is 0 Å². The van der Waals surface area contributed by atoms with E-state index in [2.05, 4.69) is 66.4 Å². The monoisotopic (exact) mass is 342 g/mol. The van der Waals surface area contributed by atoms with Crippen LogP contribution in [0.1, 0.15) is 45.1 Å². The lowest BCUT2D eigenvalue weighted by Gasteiger charge is -2.26. The SMILES string of the molecule is CC(C)CNCC(C)c1cc(NC2CCNCC2)c2c(c1)=CCNC=2. The molecule has 0 amide bonds. The largest absolute Gasteiger partial charge is 0.387 e. The van der Waals surface area contributed by atoms with E-state index in [0.717, 1.165) is 32.7 Å². The third kappa shape index (κ3) is 4.99. The molecule has 2 heterocycles. The molecule has 0 bridgehead atoms. The van der Waals surface area contributed by atoms with Gasteiger partial charge in [-0.1, -0.05) is 32.9 Å². The summed E-state index contributed by atoms with van der Waals surface area (Å²) in [6.07, 6.45) is 6.87. The molecule has 1 aromatic carbocycles. The molecule has 4 nitrogen and oxygen atoms in total. The van der Waals surface area contributed by atoms with Crippen molar-refractivity contribution in [3.8, 4) is 0 Å². The van der Waals surface area contributed by atoms with Crippen LogP contribution in [0.3, 0.4) is 0 Å². The topological polar surface area (TPSA) is 48.1 Å². The molecule has 0 spiro atoms. The summed E-state index contributed by atoms with van der Waals surface area (Å²) in [7, 11) is 0. The first-order valence-corrected chi connectivity index (χ1v) is 9.89. The number of nitrogens with one attached hydrogen (secondary N) is 4. The van der Waals surface area contributed by atoms with E-state index < -0.39 is 0 Å². The molecular weight excluding hydrogens is 308 g/mol. The molecule has 1 atom stereocenters. The molecule has 0 aliphatic carbocycles. The van der Waals surface area contributed by atoms with Crippen LogP contribution in [0.2, 0.25) is 0 Å². The van der Waals surface area contributed by atoms with Gasteiger partial charge in [-0.05, 0) is 61.2 Å². The zero-order chi connectivity index (χ0) is 17.6. The van der Waals surface area contributed by atoms with E-state index in [1.54, 1.807) is 0 Å². The van der Waals surface area contributed by atoms with E-state index in [1.807, 2.05) is 0 Å². The number of anilines is 1. The maximum Gasteiger partial charge on any atom is 0.0439 e. The minimum absolute atomic E-state index is 0.515. The zero-order valence-corrected chi connectivity index (χ0v) is 16.0. The minimum Gasteiger partial charge on any atom is -0.387 e. The number of piperidine rings is 1. The van der Waals surface area contributed by atoms with Crippen molar-refractivity contribution >= 4 is 18.0 Å². The zero-order valence-electron chi connectivity index (χ0n) is 16.0. The van der Waals surface area contributed by atoms with Crippen LogP contribution in [0.5, 0.6) is 0 Å². The second-order valence-corrected chi connectivity index (χ2v) is 7.95. The molecule has 1 unspecified atom stereocenters. The molecule has 0 saturated carbocycles. The molecule has 2 aliphatic rings. The average Bonchev–Trinajstić information content (AvgIpc) is 2.62. The lowest BCUT2D eigenvalue weighted by Crippen LogP contribution is -2.40. The fourth-order valence-electron chi connectivity index (χ4n) is 3.66. The molecule has 4 heteroatoms. The van der Waals surface area contributed by atoms with Crippen LogP contribution in [0, 0.1) is 5.92 Å². The van der Waals surface area contributed by atoms with Gasteiger partial charge < -0.3 is 21.3 Å². The molecule has 1 fully saturated rings. The second-order valence-electron chi connectivity index (χ2n) is 7.95. The Morgan fingerprint density at radius 2 is 1.92 bits per heavy atom. The summed E-state index contributed by atoms with van der Waals surface area (Å²) in [5.74, 6) is 1.21. The van der Waals surface area contributed by atoms with Gasteiger partial charge in [0.1, 0.15) is 0 Å². The van der Waals surface area contributed by atoms with Crippen molar-refractivity contribution in [3.63, 3.8) is 0 Å². The summed E-state index contributed by atoms with van der Waals surface area (Å²) in [5, 5.41) is 16.9. The Labute approximate surface area is 152 Å². The van der Waals surface area contributed by atoms with Crippen molar-refractivity contribution in [1.82, 2.24) is 16.0 Å². The number of hydrogen-bond acceptors (Lipinski definition) is 4. The Balaban J connectivity index is 1.81. The summed E-state index contributed by atoms with van der Waals surface area (Å²) in [6.45, 7) is 12.1. The number of rotatable bonds is 7. The average molecular weight is 343 g/mol. The third-order valence-corrected chi connectivity index (χ3v) is 5.19. The van der Waals surface area contributed by atoms with Crippen molar-refractivity contribution in [1.29, 1.82) is 0 Å². The maximum absolute atomic E-state index is 3.83. The predicted octanol–water partition coefficient (Wildman–Crippen LogP) is 1.32. The highest BCUT2D eigenvalue weighted by molar-refractivity contribution is 5.56. The summed E-state index contributed by atoms with van der Waals surface area (Å²) in [4.78, 5) is 0. The first kappa shape index (κ1) is 18.3. The standard InChI is InChI=1S/C21H34N4/c1-15(2)12-24-13-16(3)18-10-17-4-7-23-14-20(17)21(11-18)25-19-5-8-22-9-6-19/h4,10-11,14-16,19,22-25H,5-9,12-13H2,1-3H3. The highest BCUT2D eigenvalue weighted by Crippen LogP contribution is 2.17. The van der Waals surface area contributed by atoms with E-state index in [-0.39, 0.29) is 0 Å². The van der Waals surface area contributed by atoms with Gasteiger partial charge in [-0.15, -0.1) is 0 Å².